The smallest absolute Gasteiger partial charge is 0.241 e. The molecular formula is C12H13N3O2. The molecule has 0 unspecified atom stereocenters. The lowest BCUT2D eigenvalue weighted by atomic mass is 9.99. The number of carbonyl (C=O) groups is 2. The minimum Gasteiger partial charge on any atom is -0.366 e. The van der Waals surface area contributed by atoms with Gasteiger partial charge in [0.25, 0.3) is 0 Å². The molecule has 5 nitrogen and oxygen atoms in total. The zero-order valence-electron chi connectivity index (χ0n) is 9.11. The van der Waals surface area contributed by atoms with Gasteiger partial charge in [0.2, 0.25) is 11.8 Å². The van der Waals surface area contributed by atoms with Crippen molar-refractivity contribution in [2.75, 3.05) is 0 Å². The number of nitrogens with zero attached hydrogens (tertiary/aromatic N) is 1. The summed E-state index contributed by atoms with van der Waals surface area (Å²) in [7, 11) is 0. The molecule has 0 aliphatic rings. The largest absolute Gasteiger partial charge is 0.366 e. The van der Waals surface area contributed by atoms with Gasteiger partial charge in [-0.2, -0.15) is 0 Å². The Morgan fingerprint density at radius 2 is 1.53 bits per heavy atom. The van der Waals surface area contributed by atoms with Gasteiger partial charge in [0.05, 0.1) is 0 Å². The van der Waals surface area contributed by atoms with Crippen molar-refractivity contribution in [2.45, 2.75) is 5.92 Å². The van der Waals surface area contributed by atoms with Crippen molar-refractivity contribution < 1.29 is 9.59 Å². The van der Waals surface area contributed by atoms with Crippen LogP contribution >= 0.6 is 0 Å². The maximum atomic E-state index is 10.7. The summed E-state index contributed by atoms with van der Waals surface area (Å²) < 4.78 is 0. The highest BCUT2D eigenvalue weighted by molar-refractivity contribution is 5.87. The fourth-order valence-corrected chi connectivity index (χ4v) is 1.27. The van der Waals surface area contributed by atoms with Gasteiger partial charge >= 0.3 is 0 Å². The summed E-state index contributed by atoms with van der Waals surface area (Å²) in [5.41, 5.74) is 10.9. The van der Waals surface area contributed by atoms with Gasteiger partial charge in [0, 0.05) is 18.3 Å². The first-order valence-electron chi connectivity index (χ1n) is 4.95. The lowest BCUT2D eigenvalue weighted by molar-refractivity contribution is -0.114. The highest BCUT2D eigenvalue weighted by atomic mass is 16.1. The SMILES string of the molecule is NC(=O)/C=C/C(/C=C/C(N)=O)c1ccncc1. The lowest BCUT2D eigenvalue weighted by Gasteiger charge is -2.06. The number of primary amides is 2. The van der Waals surface area contributed by atoms with E-state index in [1.165, 1.54) is 12.2 Å². The van der Waals surface area contributed by atoms with Gasteiger partial charge < -0.3 is 11.5 Å². The molecule has 1 rings (SSSR count). The van der Waals surface area contributed by atoms with E-state index in [1.807, 2.05) is 0 Å². The molecule has 0 radical (unpaired) electrons. The van der Waals surface area contributed by atoms with Crippen LogP contribution in [0, 0.1) is 0 Å². The fourth-order valence-electron chi connectivity index (χ4n) is 1.27. The highest BCUT2D eigenvalue weighted by Crippen LogP contribution is 2.17. The van der Waals surface area contributed by atoms with E-state index in [-0.39, 0.29) is 5.92 Å². The van der Waals surface area contributed by atoms with Crippen molar-refractivity contribution >= 4 is 11.8 Å². The van der Waals surface area contributed by atoms with E-state index >= 15 is 0 Å². The Labute approximate surface area is 98.8 Å². The first-order chi connectivity index (χ1) is 8.09. The molecule has 2 amide bonds. The van der Waals surface area contributed by atoms with Crippen molar-refractivity contribution in [3.05, 3.63) is 54.4 Å². The van der Waals surface area contributed by atoms with Gasteiger partial charge in [-0.1, -0.05) is 12.2 Å². The molecule has 0 fully saturated rings. The van der Waals surface area contributed by atoms with E-state index in [1.54, 1.807) is 36.7 Å². The van der Waals surface area contributed by atoms with Gasteiger partial charge in [0.1, 0.15) is 0 Å². The third-order valence-corrected chi connectivity index (χ3v) is 2.03. The fraction of sp³-hybridized carbons (Fsp3) is 0.0833. The number of hydrogen-bond acceptors (Lipinski definition) is 3. The Morgan fingerprint density at radius 1 is 1.06 bits per heavy atom. The van der Waals surface area contributed by atoms with Gasteiger partial charge in [-0.05, 0) is 29.8 Å². The van der Waals surface area contributed by atoms with E-state index in [9.17, 15) is 9.59 Å². The third-order valence-electron chi connectivity index (χ3n) is 2.03. The predicted molar refractivity (Wildman–Crippen MR) is 63.6 cm³/mol. The molecule has 0 spiro atoms. The Balaban J connectivity index is 2.94. The molecule has 0 aromatic carbocycles. The number of pyridine rings is 1. The van der Waals surface area contributed by atoms with Gasteiger partial charge in [-0.15, -0.1) is 0 Å². The molecule has 0 saturated heterocycles. The Bertz CT molecular complexity index is 428. The van der Waals surface area contributed by atoms with Crippen LogP contribution in [0.25, 0.3) is 0 Å². The van der Waals surface area contributed by atoms with Gasteiger partial charge in [0.15, 0.2) is 0 Å². The number of carbonyl (C=O) groups excluding carboxylic acids is 2. The lowest BCUT2D eigenvalue weighted by Crippen LogP contribution is -2.08. The predicted octanol–water partition coefficient (Wildman–Crippen LogP) is 0.248. The van der Waals surface area contributed by atoms with Crippen LogP contribution in [0.2, 0.25) is 0 Å². The summed E-state index contributed by atoms with van der Waals surface area (Å²) in [4.78, 5) is 25.2. The van der Waals surface area contributed by atoms with Crippen molar-refractivity contribution in [3.8, 4) is 0 Å². The molecule has 0 saturated carbocycles. The first-order valence-corrected chi connectivity index (χ1v) is 4.95. The number of allylic oxidation sites excluding steroid dienone is 2. The molecule has 1 heterocycles. The second-order valence-corrected chi connectivity index (χ2v) is 3.33. The van der Waals surface area contributed by atoms with Gasteiger partial charge in [-0.25, -0.2) is 0 Å². The van der Waals surface area contributed by atoms with E-state index in [0.717, 1.165) is 5.56 Å². The molecule has 1 aromatic rings. The van der Waals surface area contributed by atoms with Crippen molar-refractivity contribution in [1.29, 1.82) is 0 Å². The molecular weight excluding hydrogens is 218 g/mol. The summed E-state index contributed by atoms with van der Waals surface area (Å²) in [6, 6.07) is 3.56. The van der Waals surface area contributed by atoms with Crippen LogP contribution in [-0.2, 0) is 9.59 Å². The topological polar surface area (TPSA) is 99.1 Å². The first kappa shape index (κ1) is 12.6. The average Bonchev–Trinajstić information content (AvgIpc) is 2.29. The summed E-state index contributed by atoms with van der Waals surface area (Å²) in [5.74, 6) is -1.33. The third kappa shape index (κ3) is 4.74. The van der Waals surface area contributed by atoms with Crippen LogP contribution in [0.5, 0.6) is 0 Å². The van der Waals surface area contributed by atoms with E-state index in [0.29, 0.717) is 0 Å². The normalized spacial score (nSPS) is 11.4. The second kappa shape index (κ2) is 6.22. The number of amides is 2. The molecule has 17 heavy (non-hydrogen) atoms. The minimum absolute atomic E-state index is 0.238. The van der Waals surface area contributed by atoms with Crippen LogP contribution in [0.15, 0.2) is 48.8 Å². The van der Waals surface area contributed by atoms with Crippen LogP contribution in [0.4, 0.5) is 0 Å². The molecule has 0 aliphatic carbocycles. The molecule has 0 atom stereocenters. The van der Waals surface area contributed by atoms with Crippen LogP contribution < -0.4 is 11.5 Å². The summed E-state index contributed by atoms with van der Waals surface area (Å²) in [5, 5.41) is 0. The molecule has 5 heteroatoms. The van der Waals surface area contributed by atoms with Crippen molar-refractivity contribution in [2.24, 2.45) is 11.5 Å². The second-order valence-electron chi connectivity index (χ2n) is 3.33. The van der Waals surface area contributed by atoms with Crippen LogP contribution in [0.3, 0.4) is 0 Å². The van der Waals surface area contributed by atoms with E-state index in [2.05, 4.69) is 4.98 Å². The number of nitrogens with two attached hydrogens (primary N) is 2. The minimum atomic E-state index is -0.545. The zero-order chi connectivity index (χ0) is 12.7. The molecule has 0 aliphatic heterocycles. The van der Waals surface area contributed by atoms with Crippen molar-refractivity contribution in [3.63, 3.8) is 0 Å². The number of rotatable bonds is 5. The monoisotopic (exact) mass is 231 g/mol. The number of hydrogen-bond donors (Lipinski definition) is 2. The molecule has 0 bridgehead atoms. The maximum Gasteiger partial charge on any atom is 0.241 e. The van der Waals surface area contributed by atoms with Crippen LogP contribution in [-0.4, -0.2) is 16.8 Å². The number of aromatic nitrogens is 1. The molecule has 4 N–H and O–H groups in total. The average molecular weight is 231 g/mol. The quantitative estimate of drug-likeness (QED) is 0.710. The van der Waals surface area contributed by atoms with Gasteiger partial charge in [-0.3, -0.25) is 14.6 Å². The Kier molecular flexibility index (Phi) is 4.62. The standard InChI is InChI=1S/C12H13N3O2/c13-11(16)3-1-9(2-4-12(14)17)10-5-7-15-8-6-10/h1-9H,(H2,13,16)(H2,14,17)/b3-1+,4-2+. The molecule has 1 aromatic heterocycles. The Hall–Kier alpha value is -2.43. The van der Waals surface area contributed by atoms with E-state index < -0.39 is 11.8 Å². The molecule has 88 valence electrons. The summed E-state index contributed by atoms with van der Waals surface area (Å²) in [6.07, 6.45) is 8.93. The highest BCUT2D eigenvalue weighted by Gasteiger charge is 2.04. The summed E-state index contributed by atoms with van der Waals surface area (Å²) >= 11 is 0. The van der Waals surface area contributed by atoms with Crippen LogP contribution in [0.1, 0.15) is 11.5 Å². The summed E-state index contributed by atoms with van der Waals surface area (Å²) in [6.45, 7) is 0. The zero-order valence-corrected chi connectivity index (χ0v) is 9.11. The Morgan fingerprint density at radius 3 is 1.94 bits per heavy atom. The maximum absolute atomic E-state index is 10.7. The van der Waals surface area contributed by atoms with Crippen molar-refractivity contribution in [1.82, 2.24) is 4.98 Å². The van der Waals surface area contributed by atoms with E-state index in [4.69, 9.17) is 11.5 Å².